The first-order valence-electron chi connectivity index (χ1n) is 8.66. The predicted molar refractivity (Wildman–Crippen MR) is 97.1 cm³/mol. The van der Waals surface area contributed by atoms with Crippen LogP contribution in [-0.4, -0.2) is 10.2 Å². The van der Waals surface area contributed by atoms with Crippen molar-refractivity contribution in [1.82, 2.24) is 10.2 Å². The second-order valence-electron chi connectivity index (χ2n) is 7.20. The lowest BCUT2D eigenvalue weighted by Gasteiger charge is -2.11. The Bertz CT molecular complexity index is 999. The zero-order valence-electron chi connectivity index (χ0n) is 15.4. The Morgan fingerprint density at radius 3 is 2.32 bits per heavy atom. The van der Waals surface area contributed by atoms with Crippen LogP contribution in [0.3, 0.4) is 0 Å². The van der Waals surface area contributed by atoms with Crippen LogP contribution in [0, 0.1) is 16.7 Å². The summed E-state index contributed by atoms with van der Waals surface area (Å²) in [4.78, 5) is 0. The number of alkyl halides is 3. The highest BCUT2D eigenvalue weighted by Crippen LogP contribution is 2.30. The summed E-state index contributed by atoms with van der Waals surface area (Å²) in [6.45, 7) is 3.57. The van der Waals surface area contributed by atoms with Crippen LogP contribution in [0.1, 0.15) is 36.4 Å². The lowest BCUT2D eigenvalue weighted by molar-refractivity contribution is -0.137. The number of rotatable bonds is 5. The molecule has 7 heteroatoms. The zero-order chi connectivity index (χ0) is 20.4. The van der Waals surface area contributed by atoms with E-state index in [4.69, 9.17) is 9.68 Å². The van der Waals surface area contributed by atoms with Crippen molar-refractivity contribution in [2.75, 3.05) is 0 Å². The molecule has 0 saturated heterocycles. The minimum atomic E-state index is -4.35. The summed E-state index contributed by atoms with van der Waals surface area (Å²) in [5.74, 6) is 0.692. The van der Waals surface area contributed by atoms with Crippen molar-refractivity contribution in [3.63, 3.8) is 0 Å². The maximum atomic E-state index is 12.7. The lowest BCUT2D eigenvalue weighted by atomic mass is 9.92. The van der Waals surface area contributed by atoms with Crippen LogP contribution in [0.15, 0.2) is 52.9 Å². The fraction of sp³-hybridized carbons (Fsp3) is 0.286. The fourth-order valence-corrected chi connectivity index (χ4v) is 2.77. The Morgan fingerprint density at radius 2 is 1.68 bits per heavy atom. The summed E-state index contributed by atoms with van der Waals surface area (Å²) in [5.41, 5.74) is 1.02. The molecule has 144 valence electrons. The van der Waals surface area contributed by atoms with E-state index >= 15 is 0 Å². The summed E-state index contributed by atoms with van der Waals surface area (Å²) < 4.78 is 43.9. The van der Waals surface area contributed by atoms with E-state index in [1.807, 2.05) is 24.3 Å². The van der Waals surface area contributed by atoms with Crippen molar-refractivity contribution in [2.24, 2.45) is 5.41 Å². The predicted octanol–water partition coefficient (Wildman–Crippen LogP) is 5.44. The molecule has 28 heavy (non-hydrogen) atoms. The van der Waals surface area contributed by atoms with Crippen molar-refractivity contribution in [2.45, 2.75) is 32.9 Å². The van der Waals surface area contributed by atoms with Crippen molar-refractivity contribution in [3.05, 3.63) is 71.1 Å². The topological polar surface area (TPSA) is 62.7 Å². The summed E-state index contributed by atoms with van der Waals surface area (Å²) >= 11 is 0. The van der Waals surface area contributed by atoms with E-state index in [0.29, 0.717) is 24.6 Å². The van der Waals surface area contributed by atoms with E-state index in [-0.39, 0.29) is 0 Å². The number of nitrogens with zero attached hydrogens (tertiary/aromatic N) is 3. The lowest BCUT2D eigenvalue weighted by Crippen LogP contribution is -2.11. The number of hydrogen-bond acceptors (Lipinski definition) is 4. The molecule has 0 bridgehead atoms. The first kappa shape index (κ1) is 19.6. The highest BCUT2D eigenvalue weighted by molar-refractivity contribution is 5.59. The van der Waals surface area contributed by atoms with Crippen molar-refractivity contribution >= 4 is 0 Å². The van der Waals surface area contributed by atoms with Gasteiger partial charge in [-0.1, -0.05) is 30.3 Å². The molecular formula is C21H18F3N3O. The van der Waals surface area contributed by atoms with Crippen LogP contribution < -0.4 is 0 Å². The quantitative estimate of drug-likeness (QED) is 0.587. The molecule has 0 radical (unpaired) electrons. The molecule has 0 aliphatic rings. The van der Waals surface area contributed by atoms with Gasteiger partial charge in [0.15, 0.2) is 0 Å². The molecular weight excluding hydrogens is 367 g/mol. The Hall–Kier alpha value is -3.14. The molecule has 0 aliphatic carbocycles. The second kappa shape index (κ2) is 7.47. The summed E-state index contributed by atoms with van der Waals surface area (Å²) in [5, 5.41) is 17.2. The van der Waals surface area contributed by atoms with Crippen LogP contribution in [0.5, 0.6) is 0 Å². The van der Waals surface area contributed by atoms with Gasteiger partial charge in [0, 0.05) is 12.0 Å². The van der Waals surface area contributed by atoms with Gasteiger partial charge in [0.2, 0.25) is 11.8 Å². The minimum Gasteiger partial charge on any atom is -0.421 e. The average Bonchev–Trinajstić information content (AvgIpc) is 3.09. The third-order valence-corrected chi connectivity index (χ3v) is 4.29. The fourth-order valence-electron chi connectivity index (χ4n) is 2.77. The normalized spacial score (nSPS) is 12.0. The SMILES string of the molecule is CC(C)(C#N)Cc1nnc(-c2ccccc2Cc2ccc(C(F)(F)F)cc2)o1. The van der Waals surface area contributed by atoms with Gasteiger partial charge in [0.05, 0.1) is 17.0 Å². The third kappa shape index (κ3) is 4.58. The van der Waals surface area contributed by atoms with E-state index in [2.05, 4.69) is 16.3 Å². The minimum absolute atomic E-state index is 0.325. The van der Waals surface area contributed by atoms with Crippen LogP contribution >= 0.6 is 0 Å². The molecule has 0 fully saturated rings. The third-order valence-electron chi connectivity index (χ3n) is 4.29. The van der Waals surface area contributed by atoms with Crippen molar-refractivity contribution in [3.8, 4) is 17.5 Å². The van der Waals surface area contributed by atoms with E-state index < -0.39 is 17.2 Å². The van der Waals surface area contributed by atoms with Gasteiger partial charge in [0.1, 0.15) is 0 Å². The maximum Gasteiger partial charge on any atom is 0.416 e. The molecule has 2 aromatic carbocycles. The molecule has 0 atom stereocenters. The van der Waals surface area contributed by atoms with Crippen molar-refractivity contribution < 1.29 is 17.6 Å². The molecule has 3 rings (SSSR count). The summed E-state index contributed by atoms with van der Waals surface area (Å²) in [7, 11) is 0. The smallest absolute Gasteiger partial charge is 0.416 e. The Balaban J connectivity index is 1.84. The van der Waals surface area contributed by atoms with Crippen LogP contribution in [0.2, 0.25) is 0 Å². The molecule has 1 aromatic heterocycles. The van der Waals surface area contributed by atoms with Gasteiger partial charge in [0.25, 0.3) is 0 Å². The monoisotopic (exact) mass is 385 g/mol. The van der Waals surface area contributed by atoms with Crippen LogP contribution in [-0.2, 0) is 19.0 Å². The highest BCUT2D eigenvalue weighted by atomic mass is 19.4. The van der Waals surface area contributed by atoms with E-state index in [0.717, 1.165) is 28.8 Å². The van der Waals surface area contributed by atoms with Gasteiger partial charge in [-0.2, -0.15) is 18.4 Å². The maximum absolute atomic E-state index is 12.7. The van der Waals surface area contributed by atoms with Gasteiger partial charge in [-0.15, -0.1) is 10.2 Å². The molecule has 0 N–H and O–H groups in total. The number of aromatic nitrogens is 2. The van der Waals surface area contributed by atoms with Gasteiger partial charge in [-0.3, -0.25) is 0 Å². The van der Waals surface area contributed by atoms with E-state index in [9.17, 15) is 13.2 Å². The van der Waals surface area contributed by atoms with E-state index in [1.54, 1.807) is 13.8 Å². The number of halogens is 3. The zero-order valence-corrected chi connectivity index (χ0v) is 15.4. The van der Waals surface area contributed by atoms with Gasteiger partial charge in [-0.25, -0.2) is 0 Å². The van der Waals surface area contributed by atoms with Gasteiger partial charge < -0.3 is 4.42 Å². The average molecular weight is 385 g/mol. The second-order valence-corrected chi connectivity index (χ2v) is 7.20. The summed E-state index contributed by atoms with van der Waals surface area (Å²) in [6.07, 6.45) is -3.60. The molecule has 0 aliphatic heterocycles. The Morgan fingerprint density at radius 1 is 1.00 bits per heavy atom. The largest absolute Gasteiger partial charge is 0.421 e. The number of nitriles is 1. The van der Waals surface area contributed by atoms with Crippen molar-refractivity contribution in [1.29, 1.82) is 5.26 Å². The first-order valence-corrected chi connectivity index (χ1v) is 8.66. The summed E-state index contributed by atoms with van der Waals surface area (Å²) in [6, 6.07) is 14.6. The van der Waals surface area contributed by atoms with Gasteiger partial charge in [-0.05, 0) is 49.6 Å². The standard InChI is InChI=1S/C21H18F3N3O/c1-20(2,13-25)12-18-26-27-19(28-18)17-6-4-3-5-15(17)11-14-7-9-16(10-8-14)21(22,23)24/h3-10H,11-12H2,1-2H3. The first-order chi connectivity index (χ1) is 13.2. The van der Waals surface area contributed by atoms with Crippen LogP contribution in [0.25, 0.3) is 11.5 Å². The van der Waals surface area contributed by atoms with Crippen LogP contribution in [0.4, 0.5) is 13.2 Å². The van der Waals surface area contributed by atoms with Gasteiger partial charge >= 0.3 is 6.18 Å². The number of benzene rings is 2. The molecule has 0 amide bonds. The van der Waals surface area contributed by atoms with E-state index in [1.165, 1.54) is 12.1 Å². The molecule has 0 saturated carbocycles. The Kier molecular flexibility index (Phi) is 5.23. The Labute approximate surface area is 160 Å². The molecule has 0 spiro atoms. The molecule has 4 nitrogen and oxygen atoms in total. The number of hydrogen-bond donors (Lipinski definition) is 0. The molecule has 0 unspecified atom stereocenters. The highest BCUT2D eigenvalue weighted by Gasteiger charge is 2.30. The molecule has 3 aromatic rings. The molecule has 1 heterocycles.